The molecule has 0 aromatic carbocycles. The molecule has 2 N–H and O–H groups in total. The molecule has 0 aliphatic carbocycles. The summed E-state index contributed by atoms with van der Waals surface area (Å²) in [4.78, 5) is 0. The molecule has 1 unspecified atom stereocenters. The molecule has 0 amide bonds. The lowest BCUT2D eigenvalue weighted by Gasteiger charge is -2.39. The number of piperidine rings is 1. The van der Waals surface area contributed by atoms with Crippen LogP contribution in [0.3, 0.4) is 0 Å². The van der Waals surface area contributed by atoms with Crippen molar-refractivity contribution < 1.29 is 8.42 Å². The Morgan fingerprint density at radius 3 is 2.47 bits per heavy atom. The smallest absolute Gasteiger partial charge is 0.279 e. The molecule has 116 valence electrons. The van der Waals surface area contributed by atoms with Gasteiger partial charge in [-0.15, -0.1) is 12.4 Å². The Kier molecular flexibility index (Phi) is 7.27. The van der Waals surface area contributed by atoms with Gasteiger partial charge in [-0.05, 0) is 38.6 Å². The quantitative estimate of drug-likeness (QED) is 0.805. The predicted molar refractivity (Wildman–Crippen MR) is 81.9 cm³/mol. The van der Waals surface area contributed by atoms with Gasteiger partial charge in [0.2, 0.25) is 0 Å². The normalized spacial score (nSPS) is 23.4. The van der Waals surface area contributed by atoms with Crippen molar-refractivity contribution in [1.29, 1.82) is 0 Å². The van der Waals surface area contributed by atoms with Gasteiger partial charge in [0.15, 0.2) is 0 Å². The van der Waals surface area contributed by atoms with E-state index in [1.165, 1.54) is 4.31 Å². The van der Waals surface area contributed by atoms with Crippen LogP contribution in [0.4, 0.5) is 0 Å². The van der Waals surface area contributed by atoms with E-state index >= 15 is 0 Å². The molecule has 1 rings (SSSR count). The molecule has 1 saturated heterocycles. The maximum absolute atomic E-state index is 12.0. The molecule has 0 saturated carbocycles. The highest BCUT2D eigenvalue weighted by molar-refractivity contribution is 7.87. The lowest BCUT2D eigenvalue weighted by molar-refractivity contribution is 0.181. The number of nitrogens with one attached hydrogen (secondary N) is 2. The second kappa shape index (κ2) is 7.22. The van der Waals surface area contributed by atoms with Gasteiger partial charge >= 0.3 is 0 Å². The molecular formula is C12H28ClN3O2S. The second-order valence-corrected chi connectivity index (χ2v) is 7.88. The molecular weight excluding hydrogens is 286 g/mol. The third-order valence-corrected chi connectivity index (χ3v) is 5.62. The van der Waals surface area contributed by atoms with E-state index in [0.29, 0.717) is 6.54 Å². The average Bonchev–Trinajstić information content (AvgIpc) is 2.25. The van der Waals surface area contributed by atoms with E-state index in [1.807, 2.05) is 13.8 Å². The van der Waals surface area contributed by atoms with E-state index in [1.54, 1.807) is 7.05 Å². The number of hydrogen-bond donors (Lipinski definition) is 2. The Morgan fingerprint density at radius 2 is 2.00 bits per heavy atom. The molecule has 1 heterocycles. The molecule has 1 atom stereocenters. The fourth-order valence-corrected chi connectivity index (χ4v) is 3.32. The van der Waals surface area contributed by atoms with E-state index in [2.05, 4.69) is 23.9 Å². The summed E-state index contributed by atoms with van der Waals surface area (Å²) >= 11 is 0. The summed E-state index contributed by atoms with van der Waals surface area (Å²) in [5.41, 5.74) is 0.136. The summed E-state index contributed by atoms with van der Waals surface area (Å²) in [7, 11) is -1.76. The summed E-state index contributed by atoms with van der Waals surface area (Å²) in [5, 5.41) is 3.40. The summed E-state index contributed by atoms with van der Waals surface area (Å²) < 4.78 is 28.1. The molecule has 1 aliphatic rings. The Hall–Kier alpha value is 0.120. The molecule has 1 fully saturated rings. The topological polar surface area (TPSA) is 61.4 Å². The minimum absolute atomic E-state index is 0. The Labute approximate surface area is 124 Å². The van der Waals surface area contributed by atoms with Crippen LogP contribution in [0.5, 0.6) is 0 Å². The monoisotopic (exact) mass is 313 g/mol. The fourth-order valence-electron chi connectivity index (χ4n) is 2.19. The van der Waals surface area contributed by atoms with Gasteiger partial charge in [-0.3, -0.25) is 0 Å². The lowest BCUT2D eigenvalue weighted by Crippen LogP contribution is -2.54. The van der Waals surface area contributed by atoms with Gasteiger partial charge in [0, 0.05) is 25.7 Å². The SMILES string of the molecule is CC(C)N(C)S(=O)(=O)NCC1NCCCC1(C)C.Cl. The highest BCUT2D eigenvalue weighted by Crippen LogP contribution is 2.29. The number of nitrogens with zero attached hydrogens (tertiary/aromatic N) is 1. The molecule has 1 aliphatic heterocycles. The molecule has 0 aromatic heterocycles. The van der Waals surface area contributed by atoms with Gasteiger partial charge in [-0.2, -0.15) is 12.7 Å². The molecule has 7 heteroatoms. The standard InChI is InChI=1S/C12H27N3O2S.ClH/c1-10(2)15(5)18(16,17)14-9-11-12(3,4)7-6-8-13-11;/h10-11,13-14H,6-9H2,1-5H3;1H. The van der Waals surface area contributed by atoms with Gasteiger partial charge in [0.05, 0.1) is 0 Å². The van der Waals surface area contributed by atoms with Crippen LogP contribution in [0, 0.1) is 5.41 Å². The van der Waals surface area contributed by atoms with E-state index in [-0.39, 0.29) is 29.9 Å². The first kappa shape index (κ1) is 19.1. The van der Waals surface area contributed by atoms with E-state index in [4.69, 9.17) is 0 Å². The van der Waals surface area contributed by atoms with Gasteiger partial charge in [0.25, 0.3) is 10.2 Å². The Balaban J connectivity index is 0.00000324. The molecule has 0 spiro atoms. The van der Waals surface area contributed by atoms with Crippen molar-refractivity contribution in [3.05, 3.63) is 0 Å². The molecule has 0 aromatic rings. The number of hydrogen-bond acceptors (Lipinski definition) is 3. The van der Waals surface area contributed by atoms with Gasteiger partial charge < -0.3 is 5.32 Å². The predicted octanol–water partition coefficient (Wildman–Crippen LogP) is 1.36. The first-order valence-electron chi connectivity index (χ1n) is 6.63. The summed E-state index contributed by atoms with van der Waals surface area (Å²) in [6, 6.07) is 0.163. The highest BCUT2D eigenvalue weighted by atomic mass is 35.5. The third kappa shape index (κ3) is 5.19. The second-order valence-electron chi connectivity index (χ2n) is 6.06. The van der Waals surface area contributed by atoms with Crippen molar-refractivity contribution in [2.45, 2.75) is 52.6 Å². The molecule has 5 nitrogen and oxygen atoms in total. The van der Waals surface area contributed by atoms with Crippen molar-refractivity contribution in [2.24, 2.45) is 5.41 Å². The largest absolute Gasteiger partial charge is 0.312 e. The van der Waals surface area contributed by atoms with Gasteiger partial charge in [0.1, 0.15) is 0 Å². The highest BCUT2D eigenvalue weighted by Gasteiger charge is 2.33. The Morgan fingerprint density at radius 1 is 1.42 bits per heavy atom. The Bertz CT molecular complexity index is 371. The zero-order valence-electron chi connectivity index (χ0n) is 12.6. The van der Waals surface area contributed by atoms with Crippen LogP contribution in [0.15, 0.2) is 0 Å². The maximum Gasteiger partial charge on any atom is 0.279 e. The van der Waals surface area contributed by atoms with Crippen LogP contribution >= 0.6 is 12.4 Å². The fraction of sp³-hybridized carbons (Fsp3) is 1.00. The zero-order valence-corrected chi connectivity index (χ0v) is 14.2. The van der Waals surface area contributed by atoms with Crippen molar-refractivity contribution in [3.63, 3.8) is 0 Å². The van der Waals surface area contributed by atoms with E-state index in [0.717, 1.165) is 19.4 Å². The number of rotatable bonds is 5. The third-order valence-electron chi connectivity index (χ3n) is 3.91. The van der Waals surface area contributed by atoms with Gasteiger partial charge in [-0.25, -0.2) is 4.72 Å². The molecule has 19 heavy (non-hydrogen) atoms. The first-order valence-corrected chi connectivity index (χ1v) is 8.07. The van der Waals surface area contributed by atoms with E-state index in [9.17, 15) is 8.42 Å². The van der Waals surface area contributed by atoms with Crippen LogP contribution in [-0.4, -0.2) is 44.9 Å². The van der Waals surface area contributed by atoms with Crippen molar-refractivity contribution in [2.75, 3.05) is 20.1 Å². The van der Waals surface area contributed by atoms with Crippen LogP contribution < -0.4 is 10.0 Å². The first-order chi connectivity index (χ1) is 8.17. The minimum atomic E-state index is -3.37. The lowest BCUT2D eigenvalue weighted by atomic mass is 9.78. The van der Waals surface area contributed by atoms with Crippen molar-refractivity contribution in [3.8, 4) is 0 Å². The zero-order chi connectivity index (χ0) is 14.0. The summed E-state index contributed by atoms with van der Waals surface area (Å²) in [6.07, 6.45) is 2.29. The number of halogens is 1. The van der Waals surface area contributed by atoms with Crippen LogP contribution in [0.2, 0.25) is 0 Å². The molecule has 0 bridgehead atoms. The van der Waals surface area contributed by atoms with Crippen LogP contribution in [0.25, 0.3) is 0 Å². The minimum Gasteiger partial charge on any atom is -0.312 e. The molecule has 0 radical (unpaired) electrons. The van der Waals surface area contributed by atoms with Crippen LogP contribution in [0.1, 0.15) is 40.5 Å². The van der Waals surface area contributed by atoms with Crippen molar-refractivity contribution in [1.82, 2.24) is 14.3 Å². The van der Waals surface area contributed by atoms with Gasteiger partial charge in [-0.1, -0.05) is 13.8 Å². The van der Waals surface area contributed by atoms with Crippen LogP contribution in [-0.2, 0) is 10.2 Å². The maximum atomic E-state index is 12.0. The average molecular weight is 314 g/mol. The summed E-state index contributed by atoms with van der Waals surface area (Å²) in [5.74, 6) is 0. The summed E-state index contributed by atoms with van der Waals surface area (Å²) in [6.45, 7) is 9.51. The van der Waals surface area contributed by atoms with Crippen molar-refractivity contribution >= 4 is 22.6 Å². The van der Waals surface area contributed by atoms with E-state index < -0.39 is 10.2 Å².